The Morgan fingerprint density at radius 3 is 2.81 bits per heavy atom. The van der Waals surface area contributed by atoms with Crippen molar-refractivity contribution in [2.75, 3.05) is 6.61 Å². The van der Waals surface area contributed by atoms with Crippen LogP contribution in [0.25, 0.3) is 0 Å². The molecule has 1 unspecified atom stereocenters. The smallest absolute Gasteiger partial charge is 0.251 e. The van der Waals surface area contributed by atoms with E-state index < -0.39 is 5.82 Å². The van der Waals surface area contributed by atoms with Gasteiger partial charge in [0, 0.05) is 5.56 Å². The summed E-state index contributed by atoms with van der Waals surface area (Å²) in [6.45, 7) is 1.72. The summed E-state index contributed by atoms with van der Waals surface area (Å²) in [7, 11) is 0. The lowest BCUT2D eigenvalue weighted by Crippen LogP contribution is -2.36. The van der Waals surface area contributed by atoms with Gasteiger partial charge in [-0.2, -0.15) is 0 Å². The number of benzene rings is 1. The third-order valence-corrected chi connectivity index (χ3v) is 2.52. The molecule has 1 amide bonds. The maximum Gasteiger partial charge on any atom is 0.251 e. The number of nitrogens with one attached hydrogen (secondary N) is 1. The average molecular weight is 246 g/mol. The van der Waals surface area contributed by atoms with Crippen molar-refractivity contribution in [2.45, 2.75) is 19.4 Å². The highest BCUT2D eigenvalue weighted by molar-refractivity contribution is 6.31. The fourth-order valence-electron chi connectivity index (χ4n) is 1.18. The van der Waals surface area contributed by atoms with Gasteiger partial charge in [-0.05, 0) is 24.6 Å². The van der Waals surface area contributed by atoms with Crippen LogP contribution >= 0.6 is 11.6 Å². The van der Waals surface area contributed by atoms with Gasteiger partial charge in [0.15, 0.2) is 0 Å². The molecule has 0 heterocycles. The SMILES string of the molecule is CCC(CO)NC(=O)c1ccc(F)c(Cl)c1. The minimum Gasteiger partial charge on any atom is -0.394 e. The van der Waals surface area contributed by atoms with Gasteiger partial charge in [0.1, 0.15) is 5.82 Å². The molecular formula is C11H13ClFNO2. The number of aliphatic hydroxyl groups is 1. The number of halogens is 2. The van der Waals surface area contributed by atoms with E-state index in [2.05, 4.69) is 5.32 Å². The van der Waals surface area contributed by atoms with Crippen molar-refractivity contribution < 1.29 is 14.3 Å². The van der Waals surface area contributed by atoms with Crippen molar-refractivity contribution in [3.8, 4) is 0 Å². The summed E-state index contributed by atoms with van der Waals surface area (Å²) in [5.74, 6) is -0.935. The summed E-state index contributed by atoms with van der Waals surface area (Å²) in [6, 6.07) is 3.45. The maximum absolute atomic E-state index is 12.9. The minimum atomic E-state index is -0.563. The fraction of sp³-hybridized carbons (Fsp3) is 0.364. The lowest BCUT2D eigenvalue weighted by Gasteiger charge is -2.13. The number of rotatable bonds is 4. The number of aliphatic hydroxyl groups excluding tert-OH is 1. The third kappa shape index (κ3) is 3.18. The second-order valence-corrected chi connectivity index (χ2v) is 3.80. The van der Waals surface area contributed by atoms with Crippen molar-refractivity contribution in [1.29, 1.82) is 0 Å². The Labute approximate surface area is 98.2 Å². The first-order valence-corrected chi connectivity index (χ1v) is 5.33. The summed E-state index contributed by atoms with van der Waals surface area (Å²) < 4.78 is 12.9. The van der Waals surface area contributed by atoms with Gasteiger partial charge in [-0.3, -0.25) is 4.79 Å². The van der Waals surface area contributed by atoms with Gasteiger partial charge in [-0.15, -0.1) is 0 Å². The molecule has 88 valence electrons. The lowest BCUT2D eigenvalue weighted by atomic mass is 10.1. The molecule has 0 aliphatic carbocycles. The molecule has 16 heavy (non-hydrogen) atoms. The Kier molecular flexibility index (Phi) is 4.71. The van der Waals surface area contributed by atoms with Gasteiger partial charge in [0.2, 0.25) is 0 Å². The summed E-state index contributed by atoms with van der Waals surface area (Å²) in [5, 5.41) is 11.4. The second-order valence-electron chi connectivity index (χ2n) is 3.39. The van der Waals surface area contributed by atoms with Crippen LogP contribution in [0.15, 0.2) is 18.2 Å². The van der Waals surface area contributed by atoms with Crippen LogP contribution in [0.3, 0.4) is 0 Å². The quantitative estimate of drug-likeness (QED) is 0.852. The molecule has 0 spiro atoms. The van der Waals surface area contributed by atoms with Gasteiger partial charge in [0.05, 0.1) is 17.7 Å². The number of carbonyl (C=O) groups excluding carboxylic acids is 1. The van der Waals surface area contributed by atoms with Gasteiger partial charge in [-0.25, -0.2) is 4.39 Å². The first kappa shape index (κ1) is 12.9. The van der Waals surface area contributed by atoms with E-state index in [1.165, 1.54) is 12.1 Å². The lowest BCUT2D eigenvalue weighted by molar-refractivity contribution is 0.0915. The molecule has 0 aliphatic heterocycles. The maximum atomic E-state index is 12.9. The van der Waals surface area contributed by atoms with E-state index in [-0.39, 0.29) is 29.1 Å². The van der Waals surface area contributed by atoms with E-state index >= 15 is 0 Å². The van der Waals surface area contributed by atoms with Crippen LogP contribution in [-0.4, -0.2) is 23.7 Å². The fourth-order valence-corrected chi connectivity index (χ4v) is 1.36. The third-order valence-electron chi connectivity index (χ3n) is 2.23. The van der Waals surface area contributed by atoms with Crippen LogP contribution in [0.1, 0.15) is 23.7 Å². The normalized spacial score (nSPS) is 12.2. The highest BCUT2D eigenvalue weighted by Gasteiger charge is 2.12. The molecule has 0 radical (unpaired) electrons. The molecule has 1 atom stereocenters. The standard InChI is InChI=1S/C11H13ClFNO2/c1-2-8(6-15)14-11(16)7-3-4-10(13)9(12)5-7/h3-5,8,15H,2,6H2,1H3,(H,14,16). The van der Waals surface area contributed by atoms with Gasteiger partial charge >= 0.3 is 0 Å². The molecule has 1 aromatic rings. The second kappa shape index (κ2) is 5.82. The van der Waals surface area contributed by atoms with E-state index in [4.69, 9.17) is 16.7 Å². The van der Waals surface area contributed by atoms with Crippen LogP contribution in [0.4, 0.5) is 4.39 Å². The molecule has 0 saturated carbocycles. The Morgan fingerprint density at radius 1 is 1.62 bits per heavy atom. The predicted molar refractivity (Wildman–Crippen MR) is 60.0 cm³/mol. The summed E-state index contributed by atoms with van der Waals surface area (Å²) in [6.07, 6.45) is 0.622. The predicted octanol–water partition coefficient (Wildman–Crippen LogP) is 1.98. The molecule has 0 bridgehead atoms. The summed E-state index contributed by atoms with van der Waals surface area (Å²) in [5.41, 5.74) is 0.276. The molecule has 1 rings (SSSR count). The van der Waals surface area contributed by atoms with Crippen molar-refractivity contribution in [3.63, 3.8) is 0 Å². The van der Waals surface area contributed by atoms with Crippen LogP contribution < -0.4 is 5.32 Å². The number of hydrogen-bond donors (Lipinski definition) is 2. The summed E-state index contributed by atoms with van der Waals surface area (Å²) >= 11 is 5.56. The first-order valence-electron chi connectivity index (χ1n) is 4.95. The monoisotopic (exact) mass is 245 g/mol. The highest BCUT2D eigenvalue weighted by atomic mass is 35.5. The van der Waals surface area contributed by atoms with Crippen LogP contribution in [-0.2, 0) is 0 Å². The minimum absolute atomic E-state index is 0.0929. The Morgan fingerprint density at radius 2 is 2.31 bits per heavy atom. The largest absolute Gasteiger partial charge is 0.394 e. The zero-order chi connectivity index (χ0) is 12.1. The number of amides is 1. The zero-order valence-electron chi connectivity index (χ0n) is 8.84. The van der Waals surface area contributed by atoms with Gasteiger partial charge in [-0.1, -0.05) is 18.5 Å². The molecule has 0 aromatic heterocycles. The van der Waals surface area contributed by atoms with Crippen molar-refractivity contribution in [2.24, 2.45) is 0 Å². The molecule has 0 fully saturated rings. The topological polar surface area (TPSA) is 49.3 Å². The molecule has 5 heteroatoms. The molecule has 2 N–H and O–H groups in total. The number of hydrogen-bond acceptors (Lipinski definition) is 2. The van der Waals surface area contributed by atoms with Gasteiger partial charge in [0.25, 0.3) is 5.91 Å². The Balaban J connectivity index is 2.76. The van der Waals surface area contributed by atoms with Gasteiger partial charge < -0.3 is 10.4 Å². The Bertz CT molecular complexity index is 380. The van der Waals surface area contributed by atoms with Crippen LogP contribution in [0.2, 0.25) is 5.02 Å². The van der Waals surface area contributed by atoms with E-state index in [1.807, 2.05) is 6.92 Å². The highest BCUT2D eigenvalue weighted by Crippen LogP contribution is 2.16. The first-order chi connectivity index (χ1) is 7.58. The van der Waals surface area contributed by atoms with Crippen molar-refractivity contribution >= 4 is 17.5 Å². The van der Waals surface area contributed by atoms with E-state index in [0.29, 0.717) is 6.42 Å². The Hall–Kier alpha value is -1.13. The van der Waals surface area contributed by atoms with Crippen molar-refractivity contribution in [1.82, 2.24) is 5.32 Å². The van der Waals surface area contributed by atoms with E-state index in [9.17, 15) is 9.18 Å². The molecule has 3 nitrogen and oxygen atoms in total. The average Bonchev–Trinajstić information content (AvgIpc) is 2.29. The zero-order valence-corrected chi connectivity index (χ0v) is 9.59. The summed E-state index contributed by atoms with van der Waals surface area (Å²) in [4.78, 5) is 11.6. The number of carbonyl (C=O) groups is 1. The van der Waals surface area contributed by atoms with Crippen LogP contribution in [0, 0.1) is 5.82 Å². The van der Waals surface area contributed by atoms with E-state index in [1.54, 1.807) is 0 Å². The molecule has 0 saturated heterocycles. The molecular weight excluding hydrogens is 233 g/mol. The molecule has 1 aromatic carbocycles. The molecule has 0 aliphatic rings. The van der Waals surface area contributed by atoms with E-state index in [0.717, 1.165) is 6.07 Å². The van der Waals surface area contributed by atoms with Crippen LogP contribution in [0.5, 0.6) is 0 Å². The van der Waals surface area contributed by atoms with Crippen molar-refractivity contribution in [3.05, 3.63) is 34.6 Å².